The van der Waals surface area contributed by atoms with Crippen molar-refractivity contribution in [3.63, 3.8) is 0 Å². The van der Waals surface area contributed by atoms with Gasteiger partial charge >= 0.3 is 0 Å². The maximum Gasteiger partial charge on any atom is 0.0564 e. The van der Waals surface area contributed by atoms with E-state index in [0.717, 1.165) is 25.6 Å². The van der Waals surface area contributed by atoms with Crippen LogP contribution in [-0.4, -0.2) is 0 Å². The van der Waals surface area contributed by atoms with Crippen molar-refractivity contribution in [2.45, 2.75) is 13.0 Å². The number of halogens is 4. The summed E-state index contributed by atoms with van der Waals surface area (Å²) in [5, 5.41) is 1.17. The maximum absolute atomic E-state index is 6.31. The van der Waals surface area contributed by atoms with Gasteiger partial charge in [-0.1, -0.05) is 55.1 Å². The van der Waals surface area contributed by atoms with E-state index in [1.807, 2.05) is 31.2 Å². The van der Waals surface area contributed by atoms with Gasteiger partial charge in [0, 0.05) is 19.0 Å². The second kappa shape index (κ2) is 6.15. The van der Waals surface area contributed by atoms with E-state index in [-0.39, 0.29) is 6.04 Å². The summed E-state index contributed by atoms with van der Waals surface area (Å²) in [6.45, 7) is 2.03. The Hall–Kier alpha value is -0.0600. The summed E-state index contributed by atoms with van der Waals surface area (Å²) >= 11 is 19.1. The van der Waals surface area contributed by atoms with E-state index in [0.29, 0.717) is 10.0 Å². The van der Waals surface area contributed by atoms with Gasteiger partial charge in [0.15, 0.2) is 0 Å². The van der Waals surface area contributed by atoms with E-state index in [4.69, 9.17) is 28.9 Å². The first-order valence-electron chi connectivity index (χ1n) is 5.55. The standard InChI is InChI=1S/C14H11Br2Cl2N/c1-7-2-13(16)11(6-12(7)15)14(19)8-3-9(17)5-10(18)4-8/h2-6,14H,19H2,1H3. The van der Waals surface area contributed by atoms with Gasteiger partial charge in [0.25, 0.3) is 0 Å². The van der Waals surface area contributed by atoms with E-state index in [9.17, 15) is 0 Å². The van der Waals surface area contributed by atoms with Gasteiger partial charge in [-0.25, -0.2) is 0 Å². The summed E-state index contributed by atoms with van der Waals surface area (Å²) < 4.78 is 1.99. The number of benzene rings is 2. The van der Waals surface area contributed by atoms with Crippen LogP contribution < -0.4 is 5.73 Å². The predicted octanol–water partition coefficient (Wildman–Crippen LogP) is 5.87. The summed E-state index contributed by atoms with van der Waals surface area (Å²) in [6, 6.07) is 9.11. The van der Waals surface area contributed by atoms with Crippen LogP contribution in [0.25, 0.3) is 0 Å². The predicted molar refractivity (Wildman–Crippen MR) is 89.1 cm³/mol. The Kier molecular flexibility index (Phi) is 4.96. The first-order valence-corrected chi connectivity index (χ1v) is 7.90. The lowest BCUT2D eigenvalue weighted by molar-refractivity contribution is 0.864. The SMILES string of the molecule is Cc1cc(Br)c(C(N)c2cc(Cl)cc(Cl)c2)cc1Br. The summed E-state index contributed by atoms with van der Waals surface area (Å²) in [7, 11) is 0. The fourth-order valence-electron chi connectivity index (χ4n) is 1.83. The van der Waals surface area contributed by atoms with Crippen LogP contribution in [0.1, 0.15) is 22.7 Å². The molecule has 0 heterocycles. The van der Waals surface area contributed by atoms with Crippen molar-refractivity contribution in [2.24, 2.45) is 5.73 Å². The molecule has 1 atom stereocenters. The van der Waals surface area contributed by atoms with Gasteiger partial charge in [0.1, 0.15) is 0 Å². The average molecular weight is 424 g/mol. The topological polar surface area (TPSA) is 26.0 Å². The molecule has 0 aliphatic carbocycles. The number of rotatable bonds is 2. The van der Waals surface area contributed by atoms with Gasteiger partial charge < -0.3 is 5.73 Å². The summed E-state index contributed by atoms with van der Waals surface area (Å²) in [6.07, 6.45) is 0. The van der Waals surface area contributed by atoms with Gasteiger partial charge in [0.05, 0.1) is 6.04 Å². The Balaban J connectivity index is 2.49. The molecule has 0 radical (unpaired) electrons. The van der Waals surface area contributed by atoms with Crippen molar-refractivity contribution in [1.29, 1.82) is 0 Å². The average Bonchev–Trinajstić information content (AvgIpc) is 2.31. The molecule has 0 fully saturated rings. The third-order valence-corrected chi connectivity index (χ3v) is 4.83. The molecule has 1 unspecified atom stereocenters. The molecular formula is C14H11Br2Cl2N. The van der Waals surface area contributed by atoms with Crippen molar-refractivity contribution >= 4 is 55.1 Å². The van der Waals surface area contributed by atoms with Gasteiger partial charge in [-0.05, 0) is 53.9 Å². The van der Waals surface area contributed by atoms with Crippen molar-refractivity contribution in [3.8, 4) is 0 Å². The van der Waals surface area contributed by atoms with E-state index < -0.39 is 0 Å². The van der Waals surface area contributed by atoms with E-state index in [1.54, 1.807) is 6.07 Å². The minimum absolute atomic E-state index is 0.289. The molecule has 2 aromatic carbocycles. The highest BCUT2D eigenvalue weighted by atomic mass is 79.9. The molecule has 0 bridgehead atoms. The zero-order valence-corrected chi connectivity index (χ0v) is 14.7. The molecule has 0 aromatic heterocycles. The summed E-state index contributed by atoms with van der Waals surface area (Å²) in [5.41, 5.74) is 9.32. The maximum atomic E-state index is 6.31. The van der Waals surface area contributed by atoms with Crippen LogP contribution in [0.4, 0.5) is 0 Å². The first-order chi connectivity index (χ1) is 8.88. The lowest BCUT2D eigenvalue weighted by Gasteiger charge is -2.16. The van der Waals surface area contributed by atoms with Gasteiger partial charge in [0.2, 0.25) is 0 Å². The van der Waals surface area contributed by atoms with Gasteiger partial charge in [-0.3, -0.25) is 0 Å². The van der Waals surface area contributed by atoms with E-state index >= 15 is 0 Å². The highest BCUT2D eigenvalue weighted by Gasteiger charge is 2.15. The Morgan fingerprint density at radius 2 is 1.53 bits per heavy atom. The van der Waals surface area contributed by atoms with E-state index in [2.05, 4.69) is 31.9 Å². The molecule has 5 heteroatoms. The number of hydrogen-bond acceptors (Lipinski definition) is 1. The van der Waals surface area contributed by atoms with Crippen LogP contribution in [-0.2, 0) is 0 Å². The van der Waals surface area contributed by atoms with Gasteiger partial charge in [-0.2, -0.15) is 0 Å². The normalized spacial score (nSPS) is 12.5. The molecule has 2 aromatic rings. The fraction of sp³-hybridized carbons (Fsp3) is 0.143. The van der Waals surface area contributed by atoms with Crippen molar-refractivity contribution in [3.05, 3.63) is 66.0 Å². The first kappa shape index (κ1) is 15.3. The molecule has 0 aliphatic heterocycles. The molecule has 1 nitrogen and oxygen atoms in total. The lowest BCUT2D eigenvalue weighted by atomic mass is 9.99. The molecule has 0 amide bonds. The second-order valence-corrected chi connectivity index (χ2v) is 6.88. The fourth-order valence-corrected chi connectivity index (χ4v) is 3.44. The summed E-state index contributed by atoms with van der Waals surface area (Å²) in [5.74, 6) is 0. The monoisotopic (exact) mass is 421 g/mol. The van der Waals surface area contributed by atoms with Crippen LogP contribution >= 0.6 is 55.1 Å². The summed E-state index contributed by atoms with van der Waals surface area (Å²) in [4.78, 5) is 0. The van der Waals surface area contributed by atoms with Crippen LogP contribution in [0.5, 0.6) is 0 Å². The Labute approximate surface area is 139 Å². The van der Waals surface area contributed by atoms with Crippen molar-refractivity contribution in [2.75, 3.05) is 0 Å². The molecule has 2 N–H and O–H groups in total. The molecule has 19 heavy (non-hydrogen) atoms. The highest BCUT2D eigenvalue weighted by molar-refractivity contribution is 9.11. The van der Waals surface area contributed by atoms with Crippen LogP contribution in [0.3, 0.4) is 0 Å². The third-order valence-electron chi connectivity index (χ3n) is 2.86. The van der Waals surface area contributed by atoms with E-state index in [1.165, 1.54) is 0 Å². The number of hydrogen-bond donors (Lipinski definition) is 1. The Morgan fingerprint density at radius 1 is 0.947 bits per heavy atom. The molecule has 100 valence electrons. The van der Waals surface area contributed by atoms with Crippen LogP contribution in [0.15, 0.2) is 39.3 Å². The largest absolute Gasteiger partial charge is 0.320 e. The number of aryl methyl sites for hydroxylation is 1. The van der Waals surface area contributed by atoms with Crippen LogP contribution in [0, 0.1) is 6.92 Å². The Morgan fingerprint density at radius 3 is 2.11 bits per heavy atom. The minimum atomic E-state index is -0.289. The highest BCUT2D eigenvalue weighted by Crippen LogP contribution is 2.33. The molecule has 0 saturated heterocycles. The zero-order valence-electron chi connectivity index (χ0n) is 10.1. The lowest BCUT2D eigenvalue weighted by Crippen LogP contribution is -2.12. The van der Waals surface area contributed by atoms with Crippen LogP contribution in [0.2, 0.25) is 10.0 Å². The smallest absolute Gasteiger partial charge is 0.0564 e. The molecule has 0 spiro atoms. The van der Waals surface area contributed by atoms with Crippen molar-refractivity contribution in [1.82, 2.24) is 0 Å². The molecule has 0 saturated carbocycles. The molecular weight excluding hydrogens is 413 g/mol. The number of nitrogens with two attached hydrogens (primary N) is 1. The Bertz CT molecular complexity index is 609. The zero-order chi connectivity index (χ0) is 14.2. The second-order valence-electron chi connectivity index (χ2n) is 4.30. The minimum Gasteiger partial charge on any atom is -0.320 e. The van der Waals surface area contributed by atoms with Gasteiger partial charge in [-0.15, -0.1) is 0 Å². The molecule has 0 aliphatic rings. The van der Waals surface area contributed by atoms with Crippen molar-refractivity contribution < 1.29 is 0 Å². The molecule has 2 rings (SSSR count). The third kappa shape index (κ3) is 3.53. The quantitative estimate of drug-likeness (QED) is 0.641.